The predicted octanol–water partition coefficient (Wildman–Crippen LogP) is 3.49. The number of likely N-dealkylation sites (tertiary alicyclic amines) is 1. The first kappa shape index (κ1) is 18.6. The van der Waals surface area contributed by atoms with Gasteiger partial charge in [-0.3, -0.25) is 9.69 Å². The van der Waals surface area contributed by atoms with E-state index in [-0.39, 0.29) is 5.91 Å². The summed E-state index contributed by atoms with van der Waals surface area (Å²) in [6, 6.07) is 8.02. The molecule has 152 valence electrons. The fourth-order valence-electron chi connectivity index (χ4n) is 4.46. The number of amides is 1. The Morgan fingerprint density at radius 2 is 1.93 bits per heavy atom. The van der Waals surface area contributed by atoms with Crippen LogP contribution in [0, 0.1) is 6.92 Å². The molecule has 0 saturated carbocycles. The van der Waals surface area contributed by atoms with Crippen molar-refractivity contribution in [3.8, 4) is 0 Å². The molecule has 2 aliphatic rings. The minimum Gasteiger partial charge on any atom is -0.353 e. The molecule has 0 aliphatic carbocycles. The summed E-state index contributed by atoms with van der Waals surface area (Å²) in [5.74, 6) is 1.10. The largest absolute Gasteiger partial charge is 0.353 e. The van der Waals surface area contributed by atoms with Crippen molar-refractivity contribution in [1.82, 2.24) is 19.8 Å². The van der Waals surface area contributed by atoms with Crippen LogP contribution < -0.4 is 4.90 Å². The standard InChI is InChI=1S/C22H27N5OS/c1-16-17(15-25-8-4-5-9-25)21-19(29-16)14-18(24-21)22(28)27-12-10-26(11-13-27)20-6-2-3-7-23-20/h2-3,6-7,14,24H,4-5,8-13,15H2,1H3. The second-order valence-corrected chi connectivity index (χ2v) is 9.27. The number of carbonyl (C=O) groups is 1. The van der Waals surface area contributed by atoms with Gasteiger partial charge in [0.15, 0.2) is 0 Å². The number of aryl methyl sites for hydroxylation is 1. The molecule has 1 amide bonds. The normalized spacial score (nSPS) is 18.1. The third kappa shape index (κ3) is 3.65. The van der Waals surface area contributed by atoms with Crippen molar-refractivity contribution in [2.24, 2.45) is 0 Å². The second kappa shape index (κ2) is 7.80. The summed E-state index contributed by atoms with van der Waals surface area (Å²) in [5, 5.41) is 0. The molecule has 29 heavy (non-hydrogen) atoms. The molecule has 7 heteroatoms. The van der Waals surface area contributed by atoms with Gasteiger partial charge < -0.3 is 14.8 Å². The van der Waals surface area contributed by atoms with Crippen LogP contribution >= 0.6 is 11.3 Å². The molecule has 1 N–H and O–H groups in total. The van der Waals surface area contributed by atoms with Gasteiger partial charge in [0, 0.05) is 49.4 Å². The maximum Gasteiger partial charge on any atom is 0.270 e. The van der Waals surface area contributed by atoms with E-state index in [2.05, 4.69) is 26.7 Å². The van der Waals surface area contributed by atoms with Gasteiger partial charge in [-0.05, 0) is 51.1 Å². The van der Waals surface area contributed by atoms with E-state index in [0.717, 1.165) is 49.8 Å². The Labute approximate surface area is 175 Å². The molecule has 5 heterocycles. The molecule has 0 unspecified atom stereocenters. The van der Waals surface area contributed by atoms with Crippen molar-refractivity contribution in [1.29, 1.82) is 0 Å². The van der Waals surface area contributed by atoms with Gasteiger partial charge in [-0.15, -0.1) is 11.3 Å². The number of piperazine rings is 1. The number of hydrogen-bond acceptors (Lipinski definition) is 5. The van der Waals surface area contributed by atoms with Crippen LogP contribution in [0.15, 0.2) is 30.5 Å². The second-order valence-electron chi connectivity index (χ2n) is 8.01. The van der Waals surface area contributed by atoms with Gasteiger partial charge in [0.25, 0.3) is 5.91 Å². The SMILES string of the molecule is Cc1sc2cc(C(=O)N3CCN(c4ccccn4)CC3)[nH]c2c1CN1CCCC1. The lowest BCUT2D eigenvalue weighted by Gasteiger charge is -2.35. The van der Waals surface area contributed by atoms with Gasteiger partial charge in [-0.2, -0.15) is 0 Å². The highest BCUT2D eigenvalue weighted by Gasteiger charge is 2.25. The number of aromatic nitrogens is 2. The summed E-state index contributed by atoms with van der Waals surface area (Å²) in [6.07, 6.45) is 4.41. The lowest BCUT2D eigenvalue weighted by Crippen LogP contribution is -2.49. The molecule has 0 spiro atoms. The van der Waals surface area contributed by atoms with Crippen LogP contribution in [0.2, 0.25) is 0 Å². The summed E-state index contributed by atoms with van der Waals surface area (Å²) in [5.41, 5.74) is 3.25. The van der Waals surface area contributed by atoms with Crippen molar-refractivity contribution >= 4 is 33.3 Å². The Hall–Kier alpha value is -2.38. The van der Waals surface area contributed by atoms with Gasteiger partial charge in [0.1, 0.15) is 11.5 Å². The summed E-state index contributed by atoms with van der Waals surface area (Å²) in [6.45, 7) is 8.64. The van der Waals surface area contributed by atoms with Crippen LogP contribution in [-0.4, -0.2) is 64.9 Å². The number of H-pyrrole nitrogens is 1. The van der Waals surface area contributed by atoms with Crippen molar-refractivity contribution in [2.45, 2.75) is 26.3 Å². The van der Waals surface area contributed by atoms with Crippen LogP contribution in [0.5, 0.6) is 0 Å². The monoisotopic (exact) mass is 409 g/mol. The number of carbonyl (C=O) groups excluding carboxylic acids is 1. The van der Waals surface area contributed by atoms with Gasteiger partial charge in [-0.1, -0.05) is 6.07 Å². The number of pyridine rings is 1. The first-order chi connectivity index (χ1) is 14.2. The van der Waals surface area contributed by atoms with Gasteiger partial charge in [0.05, 0.1) is 10.2 Å². The average molecular weight is 410 g/mol. The number of aromatic amines is 1. The van der Waals surface area contributed by atoms with E-state index < -0.39 is 0 Å². The summed E-state index contributed by atoms with van der Waals surface area (Å²) >= 11 is 1.80. The van der Waals surface area contributed by atoms with E-state index in [1.807, 2.05) is 35.4 Å². The van der Waals surface area contributed by atoms with Gasteiger partial charge in [-0.25, -0.2) is 4.98 Å². The van der Waals surface area contributed by atoms with E-state index in [1.165, 1.54) is 41.1 Å². The molecular formula is C22H27N5OS. The number of nitrogens with one attached hydrogen (secondary N) is 1. The third-order valence-corrected chi connectivity index (χ3v) is 7.22. The zero-order chi connectivity index (χ0) is 19.8. The number of fused-ring (bicyclic) bond motifs is 1. The fourth-order valence-corrected chi connectivity index (χ4v) is 5.54. The molecule has 2 fully saturated rings. The van der Waals surface area contributed by atoms with Crippen LogP contribution in [-0.2, 0) is 6.54 Å². The molecule has 5 rings (SSSR count). The number of thiophene rings is 1. The molecule has 2 saturated heterocycles. The molecule has 0 aromatic carbocycles. The van der Waals surface area contributed by atoms with E-state index in [4.69, 9.17) is 0 Å². The number of rotatable bonds is 4. The van der Waals surface area contributed by atoms with E-state index in [1.54, 1.807) is 11.3 Å². The van der Waals surface area contributed by atoms with Crippen LogP contribution in [0.4, 0.5) is 5.82 Å². The highest BCUT2D eigenvalue weighted by atomic mass is 32.1. The van der Waals surface area contributed by atoms with E-state index in [9.17, 15) is 4.79 Å². The maximum absolute atomic E-state index is 13.1. The minimum atomic E-state index is 0.110. The average Bonchev–Trinajstić information content (AvgIpc) is 3.47. The Kier molecular flexibility index (Phi) is 5.01. The molecular weight excluding hydrogens is 382 g/mol. The molecule has 0 radical (unpaired) electrons. The molecule has 0 bridgehead atoms. The molecule has 6 nitrogen and oxygen atoms in total. The first-order valence-electron chi connectivity index (χ1n) is 10.5. The lowest BCUT2D eigenvalue weighted by atomic mass is 10.2. The quantitative estimate of drug-likeness (QED) is 0.717. The molecule has 3 aromatic rings. The first-order valence-corrected chi connectivity index (χ1v) is 11.3. The van der Waals surface area contributed by atoms with Crippen LogP contribution in [0.1, 0.15) is 33.8 Å². The Morgan fingerprint density at radius 1 is 1.14 bits per heavy atom. The zero-order valence-corrected chi connectivity index (χ0v) is 17.7. The molecule has 2 aliphatic heterocycles. The Morgan fingerprint density at radius 3 is 2.66 bits per heavy atom. The molecule has 0 atom stereocenters. The van der Waals surface area contributed by atoms with Crippen molar-refractivity contribution in [3.63, 3.8) is 0 Å². The Balaban J connectivity index is 1.29. The fraction of sp³-hybridized carbons (Fsp3) is 0.455. The summed E-state index contributed by atoms with van der Waals surface area (Å²) in [4.78, 5) is 29.1. The van der Waals surface area contributed by atoms with Gasteiger partial charge >= 0.3 is 0 Å². The van der Waals surface area contributed by atoms with Gasteiger partial charge in [0.2, 0.25) is 0 Å². The summed E-state index contributed by atoms with van der Waals surface area (Å²) < 4.78 is 1.20. The number of anilines is 1. The van der Waals surface area contributed by atoms with Crippen molar-refractivity contribution < 1.29 is 4.79 Å². The van der Waals surface area contributed by atoms with E-state index >= 15 is 0 Å². The zero-order valence-electron chi connectivity index (χ0n) is 16.9. The third-order valence-electron chi connectivity index (χ3n) is 6.12. The lowest BCUT2D eigenvalue weighted by molar-refractivity contribution is 0.0741. The topological polar surface area (TPSA) is 55.5 Å². The molecule has 3 aromatic heterocycles. The minimum absolute atomic E-state index is 0.110. The predicted molar refractivity (Wildman–Crippen MR) is 118 cm³/mol. The maximum atomic E-state index is 13.1. The highest BCUT2D eigenvalue weighted by molar-refractivity contribution is 7.19. The van der Waals surface area contributed by atoms with Crippen molar-refractivity contribution in [3.05, 3.63) is 46.6 Å². The van der Waals surface area contributed by atoms with Crippen LogP contribution in [0.3, 0.4) is 0 Å². The van der Waals surface area contributed by atoms with Crippen molar-refractivity contribution in [2.75, 3.05) is 44.2 Å². The summed E-state index contributed by atoms with van der Waals surface area (Å²) in [7, 11) is 0. The van der Waals surface area contributed by atoms with Crippen LogP contribution in [0.25, 0.3) is 10.2 Å². The van der Waals surface area contributed by atoms with E-state index in [0.29, 0.717) is 0 Å². The number of hydrogen-bond donors (Lipinski definition) is 1. The highest BCUT2D eigenvalue weighted by Crippen LogP contribution is 2.33. The number of nitrogens with zero attached hydrogens (tertiary/aromatic N) is 4. The smallest absolute Gasteiger partial charge is 0.270 e. The Bertz CT molecular complexity index is 997.